The second kappa shape index (κ2) is 7.74. The van der Waals surface area contributed by atoms with E-state index in [0.29, 0.717) is 27.8 Å². The number of benzene rings is 2. The number of primary amides is 1. The van der Waals surface area contributed by atoms with Crippen molar-refractivity contribution in [3.05, 3.63) is 52.3 Å². The minimum atomic E-state index is -0.691. The number of rotatable bonds is 5. The van der Waals surface area contributed by atoms with Gasteiger partial charge in [-0.15, -0.1) is 0 Å². The SMILES string of the molecule is Cc1c(F)cc(C(N)=O)c(C2CC2)c1-c1ccc(C(=O)N[C@H](C)C(C)(C)C)cc1O. The van der Waals surface area contributed by atoms with Gasteiger partial charge in [0.2, 0.25) is 5.91 Å². The highest BCUT2D eigenvalue weighted by atomic mass is 19.1. The fraction of sp³-hybridized carbons (Fsp3) is 0.417. The lowest BCUT2D eigenvalue weighted by molar-refractivity contribution is 0.0909. The second-order valence-electron chi connectivity index (χ2n) is 9.25. The molecule has 160 valence electrons. The Hall–Kier alpha value is -2.89. The minimum Gasteiger partial charge on any atom is -0.507 e. The second-order valence-corrected chi connectivity index (χ2v) is 9.25. The van der Waals surface area contributed by atoms with Crippen LogP contribution < -0.4 is 11.1 Å². The fourth-order valence-electron chi connectivity index (χ4n) is 3.50. The van der Waals surface area contributed by atoms with Gasteiger partial charge in [-0.1, -0.05) is 20.8 Å². The fourth-order valence-corrected chi connectivity index (χ4v) is 3.50. The molecule has 0 radical (unpaired) electrons. The van der Waals surface area contributed by atoms with Crippen molar-refractivity contribution in [1.82, 2.24) is 5.32 Å². The molecule has 4 N–H and O–H groups in total. The predicted octanol–water partition coefficient (Wildman–Crippen LogP) is 4.65. The van der Waals surface area contributed by atoms with E-state index in [-0.39, 0.29) is 34.6 Å². The molecule has 3 rings (SSSR count). The summed E-state index contributed by atoms with van der Waals surface area (Å²) in [5.74, 6) is -1.57. The zero-order chi connectivity index (χ0) is 22.4. The number of carbonyl (C=O) groups is 2. The first-order valence-electron chi connectivity index (χ1n) is 10.2. The van der Waals surface area contributed by atoms with Crippen LogP contribution in [0.5, 0.6) is 5.75 Å². The van der Waals surface area contributed by atoms with Gasteiger partial charge in [-0.2, -0.15) is 0 Å². The number of aromatic hydroxyl groups is 1. The van der Waals surface area contributed by atoms with Gasteiger partial charge < -0.3 is 16.2 Å². The van der Waals surface area contributed by atoms with E-state index in [1.807, 2.05) is 27.7 Å². The summed E-state index contributed by atoms with van der Waals surface area (Å²) in [4.78, 5) is 24.6. The third-order valence-corrected chi connectivity index (χ3v) is 5.99. The van der Waals surface area contributed by atoms with Crippen molar-refractivity contribution in [2.24, 2.45) is 11.1 Å². The number of hydrogen-bond acceptors (Lipinski definition) is 3. The van der Waals surface area contributed by atoms with Crippen LogP contribution in [0.1, 0.15) is 78.3 Å². The summed E-state index contributed by atoms with van der Waals surface area (Å²) in [6.45, 7) is 9.63. The van der Waals surface area contributed by atoms with Gasteiger partial charge in [-0.05, 0) is 79.0 Å². The van der Waals surface area contributed by atoms with Crippen LogP contribution in [-0.2, 0) is 0 Å². The molecule has 0 bridgehead atoms. The highest BCUT2D eigenvalue weighted by Gasteiger charge is 2.33. The summed E-state index contributed by atoms with van der Waals surface area (Å²) < 4.78 is 14.6. The molecule has 0 aliphatic heterocycles. The van der Waals surface area contributed by atoms with Crippen molar-refractivity contribution in [1.29, 1.82) is 0 Å². The zero-order valence-corrected chi connectivity index (χ0v) is 18.1. The molecule has 1 aliphatic carbocycles. The van der Waals surface area contributed by atoms with Crippen LogP contribution in [0.25, 0.3) is 11.1 Å². The van der Waals surface area contributed by atoms with Gasteiger partial charge in [0.25, 0.3) is 5.91 Å². The van der Waals surface area contributed by atoms with Crippen LogP contribution in [0.2, 0.25) is 0 Å². The van der Waals surface area contributed by atoms with E-state index in [1.54, 1.807) is 19.1 Å². The van der Waals surface area contributed by atoms with Crippen LogP contribution >= 0.6 is 0 Å². The topological polar surface area (TPSA) is 92.4 Å². The third kappa shape index (κ3) is 4.18. The van der Waals surface area contributed by atoms with Crippen molar-refractivity contribution in [2.45, 2.75) is 59.4 Å². The number of phenols is 1. The Morgan fingerprint density at radius 2 is 1.87 bits per heavy atom. The van der Waals surface area contributed by atoms with Gasteiger partial charge in [0.05, 0.1) is 0 Å². The van der Waals surface area contributed by atoms with Crippen LogP contribution in [0, 0.1) is 18.2 Å². The molecule has 30 heavy (non-hydrogen) atoms. The molecule has 0 heterocycles. The summed E-state index contributed by atoms with van der Waals surface area (Å²) >= 11 is 0. The Labute approximate surface area is 176 Å². The first kappa shape index (κ1) is 21.8. The van der Waals surface area contributed by atoms with E-state index in [2.05, 4.69) is 5.32 Å². The molecule has 0 saturated heterocycles. The van der Waals surface area contributed by atoms with Crippen LogP contribution in [-0.4, -0.2) is 23.0 Å². The van der Waals surface area contributed by atoms with Gasteiger partial charge in [0.1, 0.15) is 11.6 Å². The molecule has 1 saturated carbocycles. The minimum absolute atomic E-state index is 0.0723. The van der Waals surface area contributed by atoms with Gasteiger partial charge in [-0.3, -0.25) is 9.59 Å². The molecule has 1 fully saturated rings. The van der Waals surface area contributed by atoms with Crippen molar-refractivity contribution in [2.75, 3.05) is 0 Å². The normalized spacial score (nSPS) is 15.0. The van der Waals surface area contributed by atoms with Crippen LogP contribution in [0.4, 0.5) is 4.39 Å². The summed E-state index contributed by atoms with van der Waals surface area (Å²) in [5.41, 5.74) is 7.75. The average molecular weight is 413 g/mol. The first-order chi connectivity index (χ1) is 13.9. The number of nitrogens with one attached hydrogen (secondary N) is 1. The standard InChI is InChI=1S/C24H29FN2O3/c1-12-18(25)11-17(22(26)29)21(14-6-7-14)20(12)16-9-8-15(10-19(16)28)23(30)27-13(2)24(3,4)5/h8-11,13-14,28H,6-7H2,1-5H3,(H2,26,29)(H,27,30)/t13-/m1/s1. The summed E-state index contributed by atoms with van der Waals surface area (Å²) in [6.07, 6.45) is 1.76. The third-order valence-electron chi connectivity index (χ3n) is 5.99. The first-order valence-corrected chi connectivity index (χ1v) is 10.2. The Kier molecular flexibility index (Phi) is 5.63. The molecule has 1 atom stereocenters. The maximum Gasteiger partial charge on any atom is 0.251 e. The Balaban J connectivity index is 2.06. The van der Waals surface area contributed by atoms with E-state index in [9.17, 15) is 19.1 Å². The highest BCUT2D eigenvalue weighted by Crippen LogP contribution is 2.49. The van der Waals surface area contributed by atoms with E-state index in [0.717, 1.165) is 12.8 Å². The average Bonchev–Trinajstić information content (AvgIpc) is 3.47. The molecule has 2 amide bonds. The summed E-state index contributed by atoms with van der Waals surface area (Å²) in [7, 11) is 0. The van der Waals surface area contributed by atoms with Crippen molar-refractivity contribution >= 4 is 11.8 Å². The number of carbonyl (C=O) groups excluding carboxylic acids is 2. The van der Waals surface area contributed by atoms with Gasteiger partial charge in [-0.25, -0.2) is 4.39 Å². The van der Waals surface area contributed by atoms with Crippen LogP contribution in [0.15, 0.2) is 24.3 Å². The quantitative estimate of drug-likeness (QED) is 0.667. The van der Waals surface area contributed by atoms with E-state index in [1.165, 1.54) is 12.1 Å². The number of nitrogens with two attached hydrogens (primary N) is 1. The number of amides is 2. The Morgan fingerprint density at radius 1 is 1.23 bits per heavy atom. The van der Waals surface area contributed by atoms with E-state index < -0.39 is 11.7 Å². The molecule has 6 heteroatoms. The maximum absolute atomic E-state index is 14.6. The smallest absolute Gasteiger partial charge is 0.251 e. The number of hydrogen-bond donors (Lipinski definition) is 3. The lowest BCUT2D eigenvalue weighted by Crippen LogP contribution is -2.41. The van der Waals surface area contributed by atoms with Gasteiger partial charge >= 0.3 is 0 Å². The highest BCUT2D eigenvalue weighted by molar-refractivity contribution is 5.99. The predicted molar refractivity (Wildman–Crippen MR) is 115 cm³/mol. The maximum atomic E-state index is 14.6. The molecular formula is C24H29FN2O3. The van der Waals surface area contributed by atoms with E-state index >= 15 is 0 Å². The number of phenolic OH excluding ortho intramolecular Hbond substituents is 1. The number of halogens is 1. The molecule has 2 aromatic rings. The molecule has 1 aliphatic rings. The molecule has 5 nitrogen and oxygen atoms in total. The van der Waals surface area contributed by atoms with Gasteiger partial charge in [0.15, 0.2) is 0 Å². The van der Waals surface area contributed by atoms with Crippen molar-refractivity contribution < 1.29 is 19.1 Å². The van der Waals surface area contributed by atoms with E-state index in [4.69, 9.17) is 5.73 Å². The molecule has 0 spiro atoms. The lowest BCUT2D eigenvalue weighted by atomic mass is 9.87. The van der Waals surface area contributed by atoms with Crippen LogP contribution in [0.3, 0.4) is 0 Å². The Bertz CT molecular complexity index is 1020. The largest absolute Gasteiger partial charge is 0.507 e. The molecule has 2 aromatic carbocycles. The molecule has 0 unspecified atom stereocenters. The summed E-state index contributed by atoms with van der Waals surface area (Å²) in [5, 5.41) is 13.7. The zero-order valence-electron chi connectivity index (χ0n) is 18.1. The molecular weight excluding hydrogens is 383 g/mol. The monoisotopic (exact) mass is 412 g/mol. The summed E-state index contributed by atoms with van der Waals surface area (Å²) in [6, 6.07) is 5.69. The Morgan fingerprint density at radius 3 is 2.37 bits per heavy atom. The lowest BCUT2D eigenvalue weighted by Gasteiger charge is -2.28. The molecule has 0 aromatic heterocycles. The van der Waals surface area contributed by atoms with Crippen molar-refractivity contribution in [3.8, 4) is 16.9 Å². The van der Waals surface area contributed by atoms with Crippen molar-refractivity contribution in [3.63, 3.8) is 0 Å². The van der Waals surface area contributed by atoms with Gasteiger partial charge in [0, 0.05) is 22.7 Å².